The topological polar surface area (TPSA) is 44.0 Å². The molecule has 0 aliphatic heterocycles. The van der Waals surface area contributed by atoms with E-state index in [1.165, 1.54) is 0 Å². The van der Waals surface area contributed by atoms with E-state index in [-0.39, 0.29) is 12.2 Å². The second-order valence-electron chi connectivity index (χ2n) is 2.07. The Morgan fingerprint density at radius 3 is 2.82 bits per heavy atom. The first kappa shape index (κ1) is 8.09. The van der Waals surface area contributed by atoms with Crippen LogP contribution in [0.1, 0.15) is 5.56 Å². The highest BCUT2D eigenvalue weighted by Crippen LogP contribution is 2.25. The number of hydrogen-bond acceptors (Lipinski definition) is 2. The summed E-state index contributed by atoms with van der Waals surface area (Å²) in [5.74, 6) is 0.168. The van der Waals surface area contributed by atoms with Crippen molar-refractivity contribution in [2.75, 3.05) is 0 Å². The van der Waals surface area contributed by atoms with E-state index >= 15 is 0 Å². The molecule has 0 heterocycles. The molecule has 56 valence electrons. The van der Waals surface area contributed by atoms with Gasteiger partial charge in [0.25, 0.3) is 0 Å². The normalized spacial score (nSPS) is 9.09. The zero-order valence-corrected chi connectivity index (χ0v) is 7.30. The van der Waals surface area contributed by atoms with Crippen LogP contribution in [0.3, 0.4) is 0 Å². The molecule has 0 unspecified atom stereocenters. The summed E-state index contributed by atoms with van der Waals surface area (Å²) in [4.78, 5) is 0. The zero-order chi connectivity index (χ0) is 8.27. The monoisotopic (exact) mass is 211 g/mol. The average Bonchev–Trinajstić information content (AvgIpc) is 1.97. The second-order valence-corrected chi connectivity index (χ2v) is 2.93. The molecule has 11 heavy (non-hydrogen) atoms. The lowest BCUT2D eigenvalue weighted by Crippen LogP contribution is -1.83. The smallest absolute Gasteiger partial charge is 0.120 e. The maximum atomic E-state index is 9.24. The van der Waals surface area contributed by atoms with E-state index in [0.29, 0.717) is 5.56 Å². The number of hydrogen-bond donors (Lipinski definition) is 1. The van der Waals surface area contributed by atoms with Crippen LogP contribution in [-0.2, 0) is 6.42 Å². The van der Waals surface area contributed by atoms with Crippen LogP contribution in [0.4, 0.5) is 0 Å². The highest BCUT2D eigenvalue weighted by atomic mass is 79.9. The minimum absolute atomic E-state index is 0.168. The van der Waals surface area contributed by atoms with Gasteiger partial charge in [-0.15, -0.1) is 0 Å². The van der Waals surface area contributed by atoms with Crippen LogP contribution in [0.5, 0.6) is 5.75 Å². The van der Waals surface area contributed by atoms with Gasteiger partial charge >= 0.3 is 0 Å². The molecule has 0 aliphatic carbocycles. The fourth-order valence-corrected chi connectivity index (χ4v) is 1.30. The maximum Gasteiger partial charge on any atom is 0.120 e. The molecule has 0 atom stereocenters. The van der Waals surface area contributed by atoms with E-state index in [4.69, 9.17) is 5.26 Å². The molecule has 0 bridgehead atoms. The number of halogens is 1. The van der Waals surface area contributed by atoms with Crippen molar-refractivity contribution in [1.29, 1.82) is 5.26 Å². The molecular formula is C8H6BrNO. The van der Waals surface area contributed by atoms with Gasteiger partial charge in [-0.3, -0.25) is 0 Å². The zero-order valence-electron chi connectivity index (χ0n) is 5.71. The average molecular weight is 212 g/mol. The minimum Gasteiger partial charge on any atom is -0.508 e. The Hall–Kier alpha value is -1.01. The molecule has 0 amide bonds. The van der Waals surface area contributed by atoms with Gasteiger partial charge in [-0.25, -0.2) is 0 Å². The number of benzene rings is 1. The number of rotatable bonds is 1. The summed E-state index contributed by atoms with van der Waals surface area (Å²) in [5, 5.41) is 17.6. The van der Waals surface area contributed by atoms with Crippen LogP contribution in [0.2, 0.25) is 0 Å². The molecule has 0 saturated carbocycles. The van der Waals surface area contributed by atoms with Crippen LogP contribution in [-0.4, -0.2) is 5.11 Å². The van der Waals surface area contributed by atoms with Crippen molar-refractivity contribution in [2.24, 2.45) is 0 Å². The third kappa shape index (κ3) is 1.72. The van der Waals surface area contributed by atoms with Crippen molar-refractivity contribution in [3.63, 3.8) is 0 Å². The maximum absolute atomic E-state index is 9.24. The Kier molecular flexibility index (Phi) is 2.50. The SMILES string of the molecule is N#CCc1c(O)cccc1Br. The Morgan fingerprint density at radius 2 is 2.27 bits per heavy atom. The van der Waals surface area contributed by atoms with Crippen LogP contribution in [0.15, 0.2) is 22.7 Å². The molecule has 1 rings (SSSR count). The quantitative estimate of drug-likeness (QED) is 0.775. The van der Waals surface area contributed by atoms with Crippen molar-refractivity contribution in [1.82, 2.24) is 0 Å². The van der Waals surface area contributed by atoms with Gasteiger partial charge in [-0.05, 0) is 12.1 Å². The first-order chi connectivity index (χ1) is 5.25. The first-order valence-corrected chi connectivity index (χ1v) is 3.88. The lowest BCUT2D eigenvalue weighted by Gasteiger charge is -2.00. The molecule has 3 heteroatoms. The molecule has 2 nitrogen and oxygen atoms in total. The highest BCUT2D eigenvalue weighted by molar-refractivity contribution is 9.10. The van der Waals surface area contributed by atoms with Crippen molar-refractivity contribution >= 4 is 15.9 Å². The highest BCUT2D eigenvalue weighted by Gasteiger charge is 2.03. The molecule has 0 fully saturated rings. The lowest BCUT2D eigenvalue weighted by atomic mass is 10.1. The minimum atomic E-state index is 0.168. The summed E-state index contributed by atoms with van der Waals surface area (Å²) in [6.07, 6.45) is 0.229. The predicted molar refractivity (Wildman–Crippen MR) is 45.1 cm³/mol. The summed E-state index contributed by atoms with van der Waals surface area (Å²) in [6.45, 7) is 0. The Morgan fingerprint density at radius 1 is 1.55 bits per heavy atom. The van der Waals surface area contributed by atoms with Gasteiger partial charge in [0, 0.05) is 10.0 Å². The second kappa shape index (κ2) is 3.40. The molecule has 0 radical (unpaired) electrons. The van der Waals surface area contributed by atoms with Crippen LogP contribution < -0.4 is 0 Å². The summed E-state index contributed by atoms with van der Waals surface area (Å²) in [5.41, 5.74) is 0.648. The van der Waals surface area contributed by atoms with Crippen molar-refractivity contribution in [3.8, 4) is 11.8 Å². The molecule has 0 spiro atoms. The van der Waals surface area contributed by atoms with Gasteiger partial charge in [-0.1, -0.05) is 22.0 Å². The van der Waals surface area contributed by atoms with Gasteiger partial charge < -0.3 is 5.11 Å². The summed E-state index contributed by atoms with van der Waals surface area (Å²) in [7, 11) is 0. The number of nitriles is 1. The largest absolute Gasteiger partial charge is 0.508 e. The van der Waals surface area contributed by atoms with E-state index < -0.39 is 0 Å². The van der Waals surface area contributed by atoms with Crippen LogP contribution >= 0.6 is 15.9 Å². The molecular weight excluding hydrogens is 206 g/mol. The van der Waals surface area contributed by atoms with Crippen LogP contribution in [0, 0.1) is 11.3 Å². The molecule has 1 aromatic carbocycles. The van der Waals surface area contributed by atoms with Crippen molar-refractivity contribution < 1.29 is 5.11 Å². The van der Waals surface area contributed by atoms with E-state index in [2.05, 4.69) is 15.9 Å². The van der Waals surface area contributed by atoms with Gasteiger partial charge in [0.05, 0.1) is 12.5 Å². The Labute approximate surface area is 73.2 Å². The molecule has 1 aromatic rings. The molecule has 0 saturated heterocycles. The van der Waals surface area contributed by atoms with E-state index in [0.717, 1.165) is 4.47 Å². The summed E-state index contributed by atoms with van der Waals surface area (Å²) < 4.78 is 0.777. The van der Waals surface area contributed by atoms with Crippen molar-refractivity contribution in [2.45, 2.75) is 6.42 Å². The third-order valence-electron chi connectivity index (χ3n) is 1.35. The van der Waals surface area contributed by atoms with Gasteiger partial charge in [-0.2, -0.15) is 5.26 Å². The lowest BCUT2D eigenvalue weighted by molar-refractivity contribution is 0.469. The molecule has 0 aliphatic rings. The number of nitrogens with zero attached hydrogens (tertiary/aromatic N) is 1. The van der Waals surface area contributed by atoms with Gasteiger partial charge in [0.15, 0.2) is 0 Å². The van der Waals surface area contributed by atoms with Gasteiger partial charge in [0.1, 0.15) is 5.75 Å². The Bertz CT molecular complexity index is 283. The fraction of sp³-hybridized carbons (Fsp3) is 0.125. The first-order valence-electron chi connectivity index (χ1n) is 3.09. The standard InChI is InChI=1S/C8H6BrNO/c9-7-2-1-3-8(11)6(7)4-5-10/h1-3,11H,4H2. The third-order valence-corrected chi connectivity index (χ3v) is 2.09. The molecule has 1 N–H and O–H groups in total. The molecule has 0 aromatic heterocycles. The summed E-state index contributed by atoms with van der Waals surface area (Å²) in [6, 6.07) is 7.06. The Balaban J connectivity index is 3.12. The number of phenolic OH excluding ortho intramolecular Hbond substituents is 1. The fourth-order valence-electron chi connectivity index (χ4n) is 0.801. The number of aromatic hydroxyl groups is 1. The van der Waals surface area contributed by atoms with Crippen LogP contribution in [0.25, 0.3) is 0 Å². The van der Waals surface area contributed by atoms with E-state index in [1.54, 1.807) is 18.2 Å². The summed E-state index contributed by atoms with van der Waals surface area (Å²) >= 11 is 3.24. The van der Waals surface area contributed by atoms with E-state index in [1.807, 2.05) is 6.07 Å². The van der Waals surface area contributed by atoms with E-state index in [9.17, 15) is 5.11 Å². The predicted octanol–water partition coefficient (Wildman–Crippen LogP) is 2.22. The number of phenols is 1. The van der Waals surface area contributed by atoms with Gasteiger partial charge in [0.2, 0.25) is 0 Å². The van der Waals surface area contributed by atoms with Crippen molar-refractivity contribution in [3.05, 3.63) is 28.2 Å².